The lowest BCUT2D eigenvalue weighted by molar-refractivity contribution is -0.0893. The van der Waals surface area contributed by atoms with E-state index in [-0.39, 0.29) is 0 Å². The van der Waals surface area contributed by atoms with Crippen LogP contribution in [0.3, 0.4) is 0 Å². The number of aliphatic hydroxyl groups is 1. The van der Waals surface area contributed by atoms with Crippen molar-refractivity contribution in [1.82, 2.24) is 15.0 Å². The fourth-order valence-electron chi connectivity index (χ4n) is 5.38. The number of nitrogens with zero attached hydrogens (tertiary/aromatic N) is 3. The normalized spacial score (nSPS) is 13.0. The van der Waals surface area contributed by atoms with Gasteiger partial charge in [0, 0.05) is 32.9 Å². The molecule has 6 nitrogen and oxygen atoms in total. The molecular formula is C40H35BN3O3. The Hall–Kier alpha value is -5.11. The molecule has 47 heavy (non-hydrogen) atoms. The van der Waals surface area contributed by atoms with Crippen LogP contribution in [0.4, 0.5) is 0 Å². The third-order valence-electron chi connectivity index (χ3n) is 8.83. The molecule has 0 spiro atoms. The number of rotatable bonds is 8. The van der Waals surface area contributed by atoms with Gasteiger partial charge in [0.15, 0.2) is 17.5 Å². The van der Waals surface area contributed by atoms with Crippen LogP contribution in [0.15, 0.2) is 114 Å². The second kappa shape index (κ2) is 12.2. The molecule has 7 heteroatoms. The van der Waals surface area contributed by atoms with Gasteiger partial charge in [-0.1, -0.05) is 121 Å². The maximum Gasteiger partial charge on any atom is 0.330 e. The van der Waals surface area contributed by atoms with Crippen LogP contribution in [0, 0.1) is 0 Å². The molecule has 0 bridgehead atoms. The van der Waals surface area contributed by atoms with E-state index in [0.717, 1.165) is 61.3 Å². The van der Waals surface area contributed by atoms with Crippen LogP contribution < -0.4 is 16.1 Å². The van der Waals surface area contributed by atoms with Crippen LogP contribution in [-0.4, -0.2) is 38.7 Å². The number of allylic oxidation sites excluding steroid dienone is 2. The van der Waals surface area contributed by atoms with Gasteiger partial charge in [0.25, 0.3) is 0 Å². The molecule has 0 atom stereocenters. The van der Waals surface area contributed by atoms with Gasteiger partial charge in [-0.15, -0.1) is 0 Å². The average Bonchev–Trinajstić information content (AvgIpc) is 3.26. The van der Waals surface area contributed by atoms with Gasteiger partial charge >= 0.3 is 7.48 Å². The predicted molar refractivity (Wildman–Crippen MR) is 190 cm³/mol. The minimum Gasteiger partial charge on any atom is -0.456 e. The van der Waals surface area contributed by atoms with Crippen molar-refractivity contribution < 1.29 is 14.2 Å². The molecule has 0 saturated carbocycles. The lowest BCUT2D eigenvalue weighted by atomic mass is 9.81. The number of hydrogen-bond donors (Lipinski definition) is 1. The fraction of sp³-hybridized carbons (Fsp3) is 0.175. The molecule has 4 aromatic carbocycles. The molecule has 7 rings (SSSR count). The van der Waals surface area contributed by atoms with E-state index in [9.17, 15) is 5.11 Å². The van der Waals surface area contributed by atoms with E-state index >= 15 is 0 Å². The SMILES string of the molecule is CC(C)(O)C(C)(C)O[B]c1cc(-c2ccc(-c3nc(-c4ccccc4)nc(-c4ccccc4)n3)cc2)c2oc3c(c2c1)=CC=CCC=3. The molecule has 1 radical (unpaired) electrons. The summed E-state index contributed by atoms with van der Waals surface area (Å²) in [5.74, 6) is 1.84. The average molecular weight is 617 g/mol. The third kappa shape index (κ3) is 6.20. The molecule has 0 fully saturated rings. The van der Waals surface area contributed by atoms with Gasteiger partial charge in [-0.3, -0.25) is 0 Å². The van der Waals surface area contributed by atoms with Crippen LogP contribution in [0.2, 0.25) is 0 Å². The lowest BCUT2D eigenvalue weighted by Gasteiger charge is -2.37. The third-order valence-corrected chi connectivity index (χ3v) is 8.83. The number of aromatic nitrogens is 3. The van der Waals surface area contributed by atoms with Crippen LogP contribution in [0.1, 0.15) is 34.1 Å². The van der Waals surface area contributed by atoms with Gasteiger partial charge in [-0.2, -0.15) is 0 Å². The molecule has 2 heterocycles. The second-order valence-corrected chi connectivity index (χ2v) is 12.8. The molecule has 6 aromatic rings. The van der Waals surface area contributed by atoms with E-state index < -0.39 is 11.2 Å². The fourth-order valence-corrected chi connectivity index (χ4v) is 5.38. The minimum atomic E-state index is -1.04. The van der Waals surface area contributed by atoms with E-state index in [1.807, 2.05) is 86.6 Å². The molecular weight excluding hydrogens is 581 g/mol. The van der Waals surface area contributed by atoms with Crippen molar-refractivity contribution in [3.63, 3.8) is 0 Å². The van der Waals surface area contributed by atoms with E-state index in [1.54, 1.807) is 21.3 Å². The summed E-state index contributed by atoms with van der Waals surface area (Å²) in [6.07, 6.45) is 9.18. The van der Waals surface area contributed by atoms with Crippen molar-refractivity contribution in [3.8, 4) is 45.3 Å². The summed E-state index contributed by atoms with van der Waals surface area (Å²) in [5, 5.41) is 12.7. The zero-order valence-electron chi connectivity index (χ0n) is 26.9. The standard InChI is InChI=1S/C40H35BN3O3/c1-39(2,45)40(3,4)47-41-30-24-32(35-33(25-30)31-18-12-7-13-19-34(31)46-35)26-20-22-29(23-21-26)38-43-36(27-14-8-5-9-15-27)42-37(44-38)28-16-10-6-11-17-28/h5-12,14-25,45H,13H2,1-4H3. The molecule has 0 saturated heterocycles. The van der Waals surface area contributed by atoms with E-state index in [2.05, 4.69) is 48.6 Å². The van der Waals surface area contributed by atoms with Gasteiger partial charge in [0.1, 0.15) is 11.0 Å². The van der Waals surface area contributed by atoms with Crippen molar-refractivity contribution in [1.29, 1.82) is 0 Å². The van der Waals surface area contributed by atoms with Gasteiger partial charge in [-0.05, 0) is 45.8 Å². The Kier molecular flexibility index (Phi) is 7.96. The zero-order valence-corrected chi connectivity index (χ0v) is 26.9. The Morgan fingerprint density at radius 2 is 1.28 bits per heavy atom. The first-order valence-corrected chi connectivity index (χ1v) is 15.8. The van der Waals surface area contributed by atoms with Crippen LogP contribution in [0.5, 0.6) is 0 Å². The van der Waals surface area contributed by atoms with E-state index in [0.29, 0.717) is 17.5 Å². The van der Waals surface area contributed by atoms with Crippen molar-refractivity contribution in [2.24, 2.45) is 0 Å². The predicted octanol–water partition coefficient (Wildman–Crippen LogP) is 6.62. The van der Waals surface area contributed by atoms with Gasteiger partial charge in [0.05, 0.1) is 11.2 Å². The molecule has 1 aliphatic carbocycles. The maximum atomic E-state index is 10.7. The van der Waals surface area contributed by atoms with Crippen molar-refractivity contribution in [3.05, 3.63) is 120 Å². The number of furan rings is 1. The Bertz CT molecular complexity index is 2160. The Balaban J connectivity index is 1.32. The summed E-state index contributed by atoms with van der Waals surface area (Å²) in [6.45, 7) is 7.27. The van der Waals surface area contributed by atoms with Crippen molar-refractivity contribution in [2.45, 2.75) is 45.3 Å². The first-order chi connectivity index (χ1) is 22.7. The summed E-state index contributed by atoms with van der Waals surface area (Å²) in [5.41, 5.74) is 5.34. The number of hydrogen-bond acceptors (Lipinski definition) is 6. The summed E-state index contributed by atoms with van der Waals surface area (Å²) < 4.78 is 12.7. The lowest BCUT2D eigenvalue weighted by Crippen LogP contribution is -2.49. The number of benzene rings is 4. The van der Waals surface area contributed by atoms with Gasteiger partial charge < -0.3 is 14.2 Å². The van der Waals surface area contributed by atoms with Crippen molar-refractivity contribution in [2.75, 3.05) is 0 Å². The highest BCUT2D eigenvalue weighted by molar-refractivity contribution is 6.48. The first-order valence-electron chi connectivity index (χ1n) is 15.8. The monoisotopic (exact) mass is 616 g/mol. The highest BCUT2D eigenvalue weighted by Crippen LogP contribution is 2.30. The highest BCUT2D eigenvalue weighted by Gasteiger charge is 2.35. The molecule has 1 N–H and O–H groups in total. The molecule has 2 aromatic heterocycles. The number of fused-ring (bicyclic) bond motifs is 3. The minimum absolute atomic E-state index is 0.597. The molecule has 0 amide bonds. The van der Waals surface area contributed by atoms with Gasteiger partial charge in [0.2, 0.25) is 0 Å². The quantitative estimate of drug-likeness (QED) is 0.194. The molecule has 0 aliphatic heterocycles. The second-order valence-electron chi connectivity index (χ2n) is 12.8. The summed E-state index contributed by atoms with van der Waals surface area (Å²) in [4.78, 5) is 14.6. The highest BCUT2D eigenvalue weighted by atomic mass is 16.5. The molecule has 1 aliphatic rings. The topological polar surface area (TPSA) is 81.3 Å². The van der Waals surface area contributed by atoms with E-state index in [4.69, 9.17) is 24.0 Å². The maximum absolute atomic E-state index is 10.7. The van der Waals surface area contributed by atoms with Crippen LogP contribution >= 0.6 is 0 Å². The first kappa shape index (κ1) is 30.5. The summed E-state index contributed by atoms with van der Waals surface area (Å²) in [6, 6.07) is 32.3. The van der Waals surface area contributed by atoms with Gasteiger partial charge in [-0.25, -0.2) is 15.0 Å². The molecule has 0 unspecified atom stereocenters. The van der Waals surface area contributed by atoms with Crippen LogP contribution in [0.25, 0.3) is 68.4 Å². The van der Waals surface area contributed by atoms with Crippen molar-refractivity contribution >= 4 is 36.1 Å². The smallest absolute Gasteiger partial charge is 0.330 e. The van der Waals surface area contributed by atoms with Crippen LogP contribution in [-0.2, 0) is 4.65 Å². The Morgan fingerprint density at radius 1 is 0.723 bits per heavy atom. The largest absolute Gasteiger partial charge is 0.456 e. The van der Waals surface area contributed by atoms with E-state index in [1.165, 1.54) is 0 Å². The summed E-state index contributed by atoms with van der Waals surface area (Å²) in [7, 11) is 1.73. The summed E-state index contributed by atoms with van der Waals surface area (Å²) >= 11 is 0. The molecule has 231 valence electrons. The Morgan fingerprint density at radius 3 is 1.85 bits per heavy atom. The zero-order chi connectivity index (χ0) is 32.6. The Labute approximate surface area is 275 Å².